The summed E-state index contributed by atoms with van der Waals surface area (Å²) >= 11 is 0. The van der Waals surface area contributed by atoms with E-state index >= 15 is 0 Å². The van der Waals surface area contributed by atoms with Crippen molar-refractivity contribution in [3.05, 3.63) is 0 Å². The van der Waals surface area contributed by atoms with Crippen molar-refractivity contribution in [3.63, 3.8) is 0 Å². The van der Waals surface area contributed by atoms with Crippen molar-refractivity contribution < 1.29 is 15.0 Å². The fourth-order valence-corrected chi connectivity index (χ4v) is 1.47. The van der Waals surface area contributed by atoms with Crippen molar-refractivity contribution in [3.8, 4) is 0 Å². The molecule has 14 heavy (non-hydrogen) atoms. The molecule has 1 heterocycles. The van der Waals surface area contributed by atoms with Gasteiger partial charge >= 0.3 is 0 Å². The molecule has 4 N–H and O–H groups in total. The Hall–Kier alpha value is -0.650. The molecule has 0 spiro atoms. The van der Waals surface area contributed by atoms with E-state index in [0.29, 0.717) is 12.8 Å². The lowest BCUT2D eigenvalue weighted by molar-refractivity contribution is -0.130. The lowest BCUT2D eigenvalue weighted by Crippen LogP contribution is -2.50. The number of piperidine rings is 1. The minimum absolute atomic E-state index is 0.221. The van der Waals surface area contributed by atoms with Crippen molar-refractivity contribution in [1.82, 2.24) is 10.6 Å². The van der Waals surface area contributed by atoms with Gasteiger partial charge in [-0.1, -0.05) is 0 Å². The molecule has 1 aliphatic rings. The highest BCUT2D eigenvalue weighted by Gasteiger charge is 2.29. The molecule has 0 radical (unpaired) electrons. The van der Waals surface area contributed by atoms with Gasteiger partial charge in [0, 0.05) is 6.54 Å². The number of amides is 1. The second-order valence-electron chi connectivity index (χ2n) is 3.87. The van der Waals surface area contributed by atoms with Gasteiger partial charge in [-0.25, -0.2) is 0 Å². The lowest BCUT2D eigenvalue weighted by Gasteiger charge is -2.32. The van der Waals surface area contributed by atoms with Crippen molar-refractivity contribution in [2.24, 2.45) is 0 Å². The molecular weight excluding hydrogens is 184 g/mol. The van der Waals surface area contributed by atoms with E-state index in [1.807, 2.05) is 0 Å². The Labute approximate surface area is 83.5 Å². The summed E-state index contributed by atoms with van der Waals surface area (Å²) in [6.45, 7) is 3.16. The van der Waals surface area contributed by atoms with Gasteiger partial charge in [-0.3, -0.25) is 4.79 Å². The third kappa shape index (κ3) is 3.25. The van der Waals surface area contributed by atoms with Gasteiger partial charge in [0.15, 0.2) is 0 Å². The summed E-state index contributed by atoms with van der Waals surface area (Å²) in [5.41, 5.74) is -0.810. The maximum Gasteiger partial charge on any atom is 0.248 e. The molecule has 1 rings (SSSR count). The van der Waals surface area contributed by atoms with Crippen molar-refractivity contribution in [1.29, 1.82) is 0 Å². The highest BCUT2D eigenvalue weighted by Crippen LogP contribution is 2.16. The van der Waals surface area contributed by atoms with Gasteiger partial charge in [-0.05, 0) is 32.9 Å². The van der Waals surface area contributed by atoms with Crippen LogP contribution < -0.4 is 10.6 Å². The van der Waals surface area contributed by atoms with Crippen LogP contribution in [0.4, 0.5) is 0 Å². The maximum atomic E-state index is 11.0. The molecular formula is C9H18N2O3. The van der Waals surface area contributed by atoms with E-state index in [1.54, 1.807) is 0 Å². The zero-order valence-corrected chi connectivity index (χ0v) is 8.42. The van der Waals surface area contributed by atoms with Crippen LogP contribution in [-0.2, 0) is 4.79 Å². The molecule has 1 aliphatic heterocycles. The van der Waals surface area contributed by atoms with Crippen LogP contribution in [0.2, 0.25) is 0 Å². The monoisotopic (exact) mass is 202 g/mol. The molecule has 5 heteroatoms. The lowest BCUT2D eigenvalue weighted by atomic mass is 9.92. The molecule has 82 valence electrons. The minimum Gasteiger partial charge on any atom is -0.388 e. The molecule has 0 aromatic carbocycles. The number of hydrogen-bond acceptors (Lipinski definition) is 4. The SMILES string of the molecule is C[C@H](O)C(=O)NCC1(O)CCNCC1. The number of carbonyl (C=O) groups excluding carboxylic acids is 1. The second kappa shape index (κ2) is 4.72. The largest absolute Gasteiger partial charge is 0.388 e. The minimum atomic E-state index is -1.01. The van der Waals surface area contributed by atoms with Gasteiger partial charge < -0.3 is 20.8 Å². The van der Waals surface area contributed by atoms with Crippen LogP contribution in [0.5, 0.6) is 0 Å². The number of rotatable bonds is 3. The normalized spacial score (nSPS) is 22.8. The van der Waals surface area contributed by atoms with Crippen molar-refractivity contribution in [2.75, 3.05) is 19.6 Å². The topological polar surface area (TPSA) is 81.6 Å². The summed E-state index contributed by atoms with van der Waals surface area (Å²) in [6.07, 6.45) is 0.250. The van der Waals surface area contributed by atoms with E-state index in [4.69, 9.17) is 5.11 Å². The quantitative estimate of drug-likeness (QED) is 0.453. The van der Waals surface area contributed by atoms with Gasteiger partial charge in [0.25, 0.3) is 0 Å². The Bertz CT molecular complexity index is 200. The van der Waals surface area contributed by atoms with Gasteiger partial charge in [-0.2, -0.15) is 0 Å². The van der Waals surface area contributed by atoms with Crippen molar-refractivity contribution in [2.45, 2.75) is 31.5 Å². The summed E-state index contributed by atoms with van der Waals surface area (Å²) < 4.78 is 0. The maximum absolute atomic E-state index is 11.0. The number of carbonyl (C=O) groups is 1. The third-order valence-electron chi connectivity index (χ3n) is 2.51. The van der Waals surface area contributed by atoms with Gasteiger partial charge in [0.1, 0.15) is 6.10 Å². The fraction of sp³-hybridized carbons (Fsp3) is 0.889. The average Bonchev–Trinajstić information content (AvgIpc) is 2.15. The standard InChI is InChI=1S/C9H18N2O3/c1-7(12)8(13)11-6-9(14)2-4-10-5-3-9/h7,10,12,14H,2-6H2,1H3,(H,11,13)/t7-/m0/s1. The molecule has 5 nitrogen and oxygen atoms in total. The smallest absolute Gasteiger partial charge is 0.248 e. The van der Waals surface area contributed by atoms with E-state index in [2.05, 4.69) is 10.6 Å². The van der Waals surface area contributed by atoms with Gasteiger partial charge in [0.05, 0.1) is 5.60 Å². The zero-order valence-electron chi connectivity index (χ0n) is 8.42. The predicted octanol–water partition coefficient (Wildman–Crippen LogP) is -1.40. The Kier molecular flexibility index (Phi) is 3.86. The molecule has 1 saturated heterocycles. The average molecular weight is 202 g/mol. The van der Waals surface area contributed by atoms with Crippen molar-refractivity contribution >= 4 is 5.91 Å². The van der Waals surface area contributed by atoms with Crippen LogP contribution in [0.3, 0.4) is 0 Å². The number of nitrogens with one attached hydrogen (secondary N) is 2. The Morgan fingerprint density at radius 2 is 2.14 bits per heavy atom. The van der Waals surface area contributed by atoms with E-state index in [-0.39, 0.29) is 6.54 Å². The number of aliphatic hydroxyl groups excluding tert-OH is 1. The first-order valence-corrected chi connectivity index (χ1v) is 4.92. The number of aliphatic hydroxyl groups is 2. The van der Waals surface area contributed by atoms with Gasteiger partial charge in [-0.15, -0.1) is 0 Å². The molecule has 1 atom stereocenters. The first-order valence-electron chi connectivity index (χ1n) is 4.92. The Morgan fingerprint density at radius 1 is 1.57 bits per heavy atom. The highest BCUT2D eigenvalue weighted by molar-refractivity contribution is 5.80. The molecule has 0 saturated carbocycles. The summed E-state index contributed by atoms with van der Waals surface area (Å²) in [5.74, 6) is -0.433. The predicted molar refractivity (Wildman–Crippen MR) is 51.7 cm³/mol. The summed E-state index contributed by atoms with van der Waals surface area (Å²) in [6, 6.07) is 0. The fourth-order valence-electron chi connectivity index (χ4n) is 1.47. The number of hydrogen-bond donors (Lipinski definition) is 4. The zero-order chi connectivity index (χ0) is 10.6. The second-order valence-corrected chi connectivity index (χ2v) is 3.87. The van der Waals surface area contributed by atoms with Gasteiger partial charge in [0.2, 0.25) is 5.91 Å². The van der Waals surface area contributed by atoms with E-state index in [1.165, 1.54) is 6.92 Å². The van der Waals surface area contributed by atoms with Crippen LogP contribution in [0.1, 0.15) is 19.8 Å². The van der Waals surface area contributed by atoms with Crippen LogP contribution in [0.25, 0.3) is 0 Å². The molecule has 0 bridgehead atoms. The summed E-state index contributed by atoms with van der Waals surface area (Å²) in [5, 5.41) is 24.5. The Morgan fingerprint density at radius 3 is 2.64 bits per heavy atom. The van der Waals surface area contributed by atoms with Crippen LogP contribution >= 0.6 is 0 Å². The summed E-state index contributed by atoms with van der Waals surface area (Å²) in [7, 11) is 0. The van der Waals surface area contributed by atoms with E-state index < -0.39 is 17.6 Å². The Balaban J connectivity index is 2.32. The molecule has 0 aromatic heterocycles. The first kappa shape index (κ1) is 11.4. The first-order chi connectivity index (χ1) is 6.53. The van der Waals surface area contributed by atoms with Crippen LogP contribution in [0.15, 0.2) is 0 Å². The summed E-state index contributed by atoms with van der Waals surface area (Å²) in [4.78, 5) is 11.0. The molecule has 0 unspecified atom stereocenters. The molecule has 1 fully saturated rings. The van der Waals surface area contributed by atoms with Crippen LogP contribution in [-0.4, -0.2) is 47.5 Å². The van der Waals surface area contributed by atoms with E-state index in [0.717, 1.165) is 13.1 Å². The molecule has 0 aliphatic carbocycles. The van der Waals surface area contributed by atoms with E-state index in [9.17, 15) is 9.90 Å². The molecule has 0 aromatic rings. The highest BCUT2D eigenvalue weighted by atomic mass is 16.3. The molecule has 1 amide bonds. The van der Waals surface area contributed by atoms with Crippen LogP contribution in [0, 0.1) is 0 Å². The third-order valence-corrected chi connectivity index (χ3v) is 2.51.